The SMILES string of the molecule is Cc1noc(C)c1CC(=O)N1CCCC1Cn1nc(-c2cccnc2)ccc1=O. The quantitative estimate of drug-likeness (QED) is 0.659. The largest absolute Gasteiger partial charge is 0.361 e. The van der Waals surface area contributed by atoms with E-state index in [-0.39, 0.29) is 23.9 Å². The van der Waals surface area contributed by atoms with Crippen molar-refractivity contribution in [2.45, 2.75) is 45.7 Å². The standard InChI is InChI=1S/C21H23N5O3/c1-14-18(15(2)29-24-14)11-21(28)25-10-4-6-17(25)13-26-20(27)8-7-19(23-26)16-5-3-9-22-12-16/h3,5,7-9,12,17H,4,6,10-11,13H2,1-2H3. The minimum absolute atomic E-state index is 0.0263. The second-order valence-electron chi connectivity index (χ2n) is 7.34. The summed E-state index contributed by atoms with van der Waals surface area (Å²) in [7, 11) is 0. The van der Waals surface area contributed by atoms with E-state index in [1.807, 2.05) is 30.9 Å². The van der Waals surface area contributed by atoms with Crippen LogP contribution in [-0.4, -0.2) is 43.3 Å². The van der Waals surface area contributed by atoms with Crippen molar-refractivity contribution in [1.82, 2.24) is 24.8 Å². The van der Waals surface area contributed by atoms with Crippen molar-refractivity contribution in [2.24, 2.45) is 0 Å². The van der Waals surface area contributed by atoms with Gasteiger partial charge in [0.25, 0.3) is 5.56 Å². The van der Waals surface area contributed by atoms with Gasteiger partial charge in [-0.05, 0) is 44.9 Å². The lowest BCUT2D eigenvalue weighted by atomic mass is 10.1. The zero-order valence-electron chi connectivity index (χ0n) is 16.5. The number of rotatable bonds is 5. The van der Waals surface area contributed by atoms with E-state index in [4.69, 9.17) is 4.52 Å². The molecule has 3 aromatic heterocycles. The minimum Gasteiger partial charge on any atom is -0.361 e. The molecule has 1 saturated heterocycles. The average Bonchev–Trinajstić information content (AvgIpc) is 3.32. The smallest absolute Gasteiger partial charge is 0.266 e. The van der Waals surface area contributed by atoms with Gasteiger partial charge in [0.1, 0.15) is 5.76 Å². The molecule has 0 aromatic carbocycles. The Bertz CT molecular complexity index is 1050. The van der Waals surface area contributed by atoms with Gasteiger partial charge in [0.2, 0.25) is 5.91 Å². The lowest BCUT2D eigenvalue weighted by molar-refractivity contribution is -0.131. The highest BCUT2D eigenvalue weighted by Gasteiger charge is 2.30. The van der Waals surface area contributed by atoms with Gasteiger partial charge in [-0.1, -0.05) is 5.16 Å². The van der Waals surface area contributed by atoms with Crippen molar-refractivity contribution in [3.05, 3.63) is 64.0 Å². The van der Waals surface area contributed by atoms with Crippen molar-refractivity contribution in [2.75, 3.05) is 6.54 Å². The average molecular weight is 393 g/mol. The summed E-state index contributed by atoms with van der Waals surface area (Å²) in [5.74, 6) is 0.701. The van der Waals surface area contributed by atoms with E-state index in [2.05, 4.69) is 15.2 Å². The molecule has 4 heterocycles. The van der Waals surface area contributed by atoms with Crippen LogP contribution in [0.25, 0.3) is 11.3 Å². The highest BCUT2D eigenvalue weighted by Crippen LogP contribution is 2.22. The van der Waals surface area contributed by atoms with Crippen LogP contribution < -0.4 is 5.56 Å². The lowest BCUT2D eigenvalue weighted by Crippen LogP contribution is -2.41. The van der Waals surface area contributed by atoms with Crippen molar-refractivity contribution >= 4 is 5.91 Å². The fourth-order valence-electron chi connectivity index (χ4n) is 3.81. The molecule has 0 bridgehead atoms. The Morgan fingerprint density at radius 2 is 2.14 bits per heavy atom. The Kier molecular flexibility index (Phi) is 5.24. The van der Waals surface area contributed by atoms with Crippen LogP contribution in [0.1, 0.15) is 29.9 Å². The molecule has 0 N–H and O–H groups in total. The van der Waals surface area contributed by atoms with Crippen LogP contribution in [0.15, 0.2) is 46.0 Å². The zero-order valence-corrected chi connectivity index (χ0v) is 16.5. The molecule has 0 spiro atoms. The van der Waals surface area contributed by atoms with Crippen LogP contribution in [0.3, 0.4) is 0 Å². The molecular formula is C21H23N5O3. The number of carbonyl (C=O) groups is 1. The van der Waals surface area contributed by atoms with Crippen LogP contribution in [0.2, 0.25) is 0 Å². The molecule has 4 rings (SSSR count). The normalized spacial score (nSPS) is 16.3. The van der Waals surface area contributed by atoms with Gasteiger partial charge < -0.3 is 9.42 Å². The third-order valence-electron chi connectivity index (χ3n) is 5.41. The molecule has 3 aromatic rings. The van der Waals surface area contributed by atoms with Crippen molar-refractivity contribution < 1.29 is 9.32 Å². The van der Waals surface area contributed by atoms with E-state index >= 15 is 0 Å². The molecular weight excluding hydrogens is 370 g/mol. The summed E-state index contributed by atoms with van der Waals surface area (Å²) in [5, 5.41) is 8.43. The fourth-order valence-corrected chi connectivity index (χ4v) is 3.81. The summed E-state index contributed by atoms with van der Waals surface area (Å²) < 4.78 is 6.62. The third kappa shape index (κ3) is 3.96. The van der Waals surface area contributed by atoms with Gasteiger partial charge in [-0.3, -0.25) is 14.6 Å². The Morgan fingerprint density at radius 1 is 1.28 bits per heavy atom. The maximum atomic E-state index is 12.9. The summed E-state index contributed by atoms with van der Waals surface area (Å²) in [6, 6.07) is 6.89. The van der Waals surface area contributed by atoms with E-state index in [0.29, 0.717) is 24.5 Å². The predicted molar refractivity (Wildman–Crippen MR) is 106 cm³/mol. The molecule has 8 heteroatoms. The number of carbonyl (C=O) groups excluding carboxylic acids is 1. The third-order valence-corrected chi connectivity index (χ3v) is 5.41. The van der Waals surface area contributed by atoms with Gasteiger partial charge in [-0.2, -0.15) is 5.10 Å². The van der Waals surface area contributed by atoms with E-state index in [1.165, 1.54) is 10.7 Å². The maximum absolute atomic E-state index is 12.9. The highest BCUT2D eigenvalue weighted by molar-refractivity contribution is 5.79. The molecule has 0 saturated carbocycles. The van der Waals surface area contributed by atoms with Gasteiger partial charge in [-0.25, -0.2) is 4.68 Å². The lowest BCUT2D eigenvalue weighted by Gasteiger charge is -2.25. The number of aryl methyl sites for hydroxylation is 2. The first kappa shape index (κ1) is 19.0. The Balaban J connectivity index is 1.53. The molecule has 150 valence electrons. The fraction of sp³-hybridized carbons (Fsp3) is 0.381. The van der Waals surface area contributed by atoms with Crippen molar-refractivity contribution in [1.29, 1.82) is 0 Å². The van der Waals surface area contributed by atoms with E-state index in [1.54, 1.807) is 18.5 Å². The van der Waals surface area contributed by atoms with Crippen LogP contribution >= 0.6 is 0 Å². The van der Waals surface area contributed by atoms with E-state index in [9.17, 15) is 9.59 Å². The maximum Gasteiger partial charge on any atom is 0.266 e. The summed E-state index contributed by atoms with van der Waals surface area (Å²) >= 11 is 0. The first-order valence-electron chi connectivity index (χ1n) is 9.72. The molecule has 1 fully saturated rings. The molecule has 1 aliphatic rings. The van der Waals surface area contributed by atoms with Gasteiger partial charge in [0, 0.05) is 36.1 Å². The molecule has 1 atom stereocenters. The number of amides is 1. The molecule has 1 unspecified atom stereocenters. The topological polar surface area (TPSA) is 94.1 Å². The highest BCUT2D eigenvalue weighted by atomic mass is 16.5. The van der Waals surface area contributed by atoms with Crippen molar-refractivity contribution in [3.63, 3.8) is 0 Å². The zero-order chi connectivity index (χ0) is 20.4. The van der Waals surface area contributed by atoms with E-state index in [0.717, 1.165) is 29.7 Å². The minimum atomic E-state index is -0.178. The molecule has 0 aliphatic carbocycles. The Labute approximate surface area is 168 Å². The molecule has 1 aliphatic heterocycles. The summed E-state index contributed by atoms with van der Waals surface area (Å²) in [6.45, 7) is 4.72. The predicted octanol–water partition coefficient (Wildman–Crippen LogP) is 2.14. The van der Waals surface area contributed by atoms with Gasteiger partial charge >= 0.3 is 0 Å². The van der Waals surface area contributed by atoms with Gasteiger partial charge in [0.15, 0.2) is 0 Å². The first-order valence-corrected chi connectivity index (χ1v) is 9.72. The first-order chi connectivity index (χ1) is 14.0. The molecule has 29 heavy (non-hydrogen) atoms. The number of aromatic nitrogens is 4. The van der Waals surface area contributed by atoms with Crippen LogP contribution in [-0.2, 0) is 17.8 Å². The second-order valence-corrected chi connectivity index (χ2v) is 7.34. The number of hydrogen-bond donors (Lipinski definition) is 0. The molecule has 8 nitrogen and oxygen atoms in total. The number of likely N-dealkylation sites (tertiary alicyclic amines) is 1. The second kappa shape index (κ2) is 7.98. The van der Waals surface area contributed by atoms with Gasteiger partial charge in [0.05, 0.1) is 30.4 Å². The monoisotopic (exact) mass is 393 g/mol. The summed E-state index contributed by atoms with van der Waals surface area (Å²) in [6.07, 6.45) is 5.43. The number of pyridine rings is 1. The number of nitrogens with zero attached hydrogens (tertiary/aromatic N) is 5. The van der Waals surface area contributed by atoms with Gasteiger partial charge in [-0.15, -0.1) is 0 Å². The Morgan fingerprint density at radius 3 is 2.86 bits per heavy atom. The Hall–Kier alpha value is -3.29. The summed E-state index contributed by atoms with van der Waals surface area (Å²) in [5.41, 5.74) is 2.94. The van der Waals surface area contributed by atoms with Crippen LogP contribution in [0, 0.1) is 13.8 Å². The number of hydrogen-bond acceptors (Lipinski definition) is 6. The van der Waals surface area contributed by atoms with Crippen LogP contribution in [0.5, 0.6) is 0 Å². The van der Waals surface area contributed by atoms with Crippen LogP contribution in [0.4, 0.5) is 0 Å². The molecule has 0 radical (unpaired) electrons. The molecule has 1 amide bonds. The van der Waals surface area contributed by atoms with E-state index < -0.39 is 0 Å². The summed E-state index contributed by atoms with van der Waals surface area (Å²) in [4.78, 5) is 31.3. The van der Waals surface area contributed by atoms with Crippen molar-refractivity contribution in [3.8, 4) is 11.3 Å².